The zero-order valence-corrected chi connectivity index (χ0v) is 27.4. The fourth-order valence-electron chi connectivity index (χ4n) is 4.13. The van der Waals surface area contributed by atoms with Crippen molar-refractivity contribution in [3.8, 4) is 0 Å². The Kier molecular flexibility index (Phi) is 11.8. The fraction of sp³-hybridized carbons (Fsp3) is 0.714. The van der Waals surface area contributed by atoms with E-state index in [9.17, 15) is 13.2 Å². The van der Waals surface area contributed by atoms with Crippen molar-refractivity contribution >= 4 is 28.2 Å². The number of alkyl halides is 3. The highest BCUT2D eigenvalue weighted by Gasteiger charge is 2.39. The number of benzene rings is 1. The topological polar surface area (TPSA) is 59.8 Å². The maximum absolute atomic E-state index is 13.3. The average molecular weight is 589 g/mol. The maximum Gasteiger partial charge on any atom is 0.416 e. The Balaban J connectivity index is 4.51. The number of rotatable bonds is 10. The normalized spacial score (nSPS) is 14.2. The molecule has 0 fully saturated rings. The SMILES string of the molecule is CN(C)P(=Nc1ccc(C(F)(F)F)cc1)(N=P(N(C)C)(N(C)C)N(C)C)N=P(N(C)C)(N(C)C)N(C)C. The highest BCUT2D eigenvalue weighted by Crippen LogP contribution is 2.74. The van der Waals surface area contributed by atoms with Crippen LogP contribution in [0.4, 0.5) is 18.9 Å². The highest BCUT2D eigenvalue weighted by atomic mass is 31.2. The van der Waals surface area contributed by atoms with Crippen molar-refractivity contribution in [1.82, 2.24) is 32.7 Å². The summed E-state index contributed by atoms with van der Waals surface area (Å²) in [5.74, 6) is 0. The molecule has 0 N–H and O–H groups in total. The smallest absolute Gasteiger partial charge is 0.252 e. The molecule has 0 atom stereocenters. The van der Waals surface area contributed by atoms with Gasteiger partial charge in [0.25, 0.3) is 7.51 Å². The molecule has 216 valence electrons. The summed E-state index contributed by atoms with van der Waals surface area (Å²) in [5, 5.41) is 0. The van der Waals surface area contributed by atoms with Crippen LogP contribution in [0.25, 0.3) is 0 Å². The van der Waals surface area contributed by atoms with Crippen molar-refractivity contribution in [2.45, 2.75) is 6.18 Å². The first-order valence-corrected chi connectivity index (χ1v) is 16.3. The molecule has 10 nitrogen and oxygen atoms in total. The summed E-state index contributed by atoms with van der Waals surface area (Å²) in [6.45, 7) is 0. The van der Waals surface area contributed by atoms with Crippen LogP contribution in [0.5, 0.6) is 0 Å². The van der Waals surface area contributed by atoms with E-state index in [2.05, 4.69) is 28.0 Å². The van der Waals surface area contributed by atoms with Crippen LogP contribution in [0, 0.1) is 0 Å². The Labute approximate surface area is 222 Å². The van der Waals surface area contributed by atoms with Crippen molar-refractivity contribution in [2.24, 2.45) is 13.8 Å². The fourth-order valence-corrected chi connectivity index (χ4v) is 17.5. The molecule has 37 heavy (non-hydrogen) atoms. The first-order valence-electron chi connectivity index (χ1n) is 11.5. The van der Waals surface area contributed by atoms with E-state index in [1.807, 2.05) is 103 Å². The van der Waals surface area contributed by atoms with Crippen molar-refractivity contribution in [2.75, 3.05) is 98.7 Å². The van der Waals surface area contributed by atoms with Gasteiger partial charge < -0.3 is 0 Å². The predicted molar refractivity (Wildman–Crippen MR) is 155 cm³/mol. The molecule has 1 rings (SSSR count). The van der Waals surface area contributed by atoms with Crippen LogP contribution in [-0.4, -0.2) is 131 Å². The molecular formula is C21H46F3N10P3. The first-order chi connectivity index (χ1) is 16.7. The monoisotopic (exact) mass is 588 g/mol. The second kappa shape index (κ2) is 12.7. The second-order valence-electron chi connectivity index (χ2n) is 9.86. The molecule has 0 heterocycles. The van der Waals surface area contributed by atoms with Gasteiger partial charge in [0.2, 0.25) is 0 Å². The van der Waals surface area contributed by atoms with Crippen LogP contribution in [0.1, 0.15) is 5.56 Å². The summed E-state index contributed by atoms with van der Waals surface area (Å²) in [6, 6.07) is 4.91. The van der Waals surface area contributed by atoms with Gasteiger partial charge >= 0.3 is 6.18 Å². The van der Waals surface area contributed by atoms with Crippen molar-refractivity contribution in [3.05, 3.63) is 29.8 Å². The lowest BCUT2D eigenvalue weighted by Gasteiger charge is -2.45. The Morgan fingerprint density at radius 1 is 0.514 bits per heavy atom. The van der Waals surface area contributed by atoms with Crippen LogP contribution in [0.15, 0.2) is 38.0 Å². The van der Waals surface area contributed by atoms with Gasteiger partial charge in [-0.2, -0.15) is 22.2 Å². The second-order valence-corrected chi connectivity index (χ2v) is 20.3. The van der Waals surface area contributed by atoms with Crippen LogP contribution >= 0.6 is 22.5 Å². The summed E-state index contributed by atoms with van der Waals surface area (Å²) < 4.78 is 70.5. The molecule has 0 saturated carbocycles. The zero-order valence-electron chi connectivity index (χ0n) is 24.8. The quantitative estimate of drug-likeness (QED) is 0.306. The maximum atomic E-state index is 13.3. The largest absolute Gasteiger partial charge is 0.416 e. The number of hydrogen-bond acceptors (Lipinski definition) is 1. The van der Waals surface area contributed by atoms with Gasteiger partial charge in [-0.15, -0.1) is 0 Å². The lowest BCUT2D eigenvalue weighted by molar-refractivity contribution is -0.137. The molecule has 0 radical (unpaired) electrons. The number of halogens is 3. The highest BCUT2D eigenvalue weighted by molar-refractivity contribution is 7.76. The van der Waals surface area contributed by atoms with E-state index in [1.165, 1.54) is 12.1 Å². The molecule has 0 amide bonds. The van der Waals surface area contributed by atoms with Crippen LogP contribution in [0.2, 0.25) is 0 Å². The zero-order chi connectivity index (χ0) is 29.1. The summed E-state index contributed by atoms with van der Waals surface area (Å²) >= 11 is 0. The van der Waals surface area contributed by atoms with E-state index in [-0.39, 0.29) is 0 Å². The lowest BCUT2D eigenvalue weighted by atomic mass is 10.2. The minimum atomic E-state index is -4.43. The molecular weight excluding hydrogens is 542 g/mol. The minimum absolute atomic E-state index is 0.395. The van der Waals surface area contributed by atoms with Gasteiger partial charge in [0.1, 0.15) is 0 Å². The van der Waals surface area contributed by atoms with Crippen molar-refractivity contribution in [3.63, 3.8) is 0 Å². The molecule has 0 unspecified atom stereocenters. The van der Waals surface area contributed by atoms with Crippen LogP contribution in [-0.2, 0) is 6.18 Å². The van der Waals surface area contributed by atoms with Crippen LogP contribution in [0.3, 0.4) is 0 Å². The van der Waals surface area contributed by atoms with Crippen LogP contribution < -0.4 is 0 Å². The molecule has 16 heteroatoms. The molecule has 0 aromatic heterocycles. The molecule has 0 aliphatic rings. The third kappa shape index (κ3) is 7.14. The Bertz CT molecular complexity index is 958. The summed E-state index contributed by atoms with van der Waals surface area (Å²) in [4.78, 5) is 0. The van der Waals surface area contributed by atoms with Gasteiger partial charge in [-0.3, -0.25) is 28.0 Å². The van der Waals surface area contributed by atoms with Gasteiger partial charge in [0.05, 0.1) is 11.3 Å². The van der Waals surface area contributed by atoms with Gasteiger partial charge in [-0.25, -0.2) is 9.42 Å². The third-order valence-corrected chi connectivity index (χ3v) is 17.5. The van der Waals surface area contributed by atoms with Gasteiger partial charge in [0, 0.05) is 0 Å². The van der Waals surface area contributed by atoms with Crippen molar-refractivity contribution < 1.29 is 13.2 Å². The first kappa shape index (κ1) is 34.4. The Morgan fingerprint density at radius 2 is 0.811 bits per heavy atom. The van der Waals surface area contributed by atoms with Gasteiger partial charge in [-0.05, 0) is 123 Å². The van der Waals surface area contributed by atoms with E-state index < -0.39 is 34.3 Å². The molecule has 0 aliphatic heterocycles. The third-order valence-electron chi connectivity index (χ3n) is 5.68. The Morgan fingerprint density at radius 3 is 1.03 bits per heavy atom. The molecule has 0 saturated heterocycles. The number of nitrogens with zero attached hydrogens (tertiary/aromatic N) is 10. The average Bonchev–Trinajstić information content (AvgIpc) is 2.73. The molecule has 0 bridgehead atoms. The molecule has 1 aromatic carbocycles. The minimum Gasteiger partial charge on any atom is -0.252 e. The molecule has 0 spiro atoms. The molecule has 0 aliphatic carbocycles. The van der Waals surface area contributed by atoms with Gasteiger partial charge in [-0.1, -0.05) is 0 Å². The lowest BCUT2D eigenvalue weighted by Crippen LogP contribution is -2.32. The standard InChI is InChI=1S/C21H46F3N10P3/c1-28(2)35(26-36(29(3)4,30(5)6)31(7)8,27-37(32(9)10,33(11)12)34(13)14)25-20-17-15-19(16-18-20)21(22,23)24/h15-18H,1-14H3. The van der Waals surface area contributed by atoms with E-state index in [0.717, 1.165) is 12.1 Å². The van der Waals surface area contributed by atoms with Crippen molar-refractivity contribution in [1.29, 1.82) is 0 Å². The predicted octanol–water partition coefficient (Wildman–Crippen LogP) is 6.11. The van der Waals surface area contributed by atoms with E-state index >= 15 is 0 Å². The summed E-state index contributed by atoms with van der Waals surface area (Å²) in [5.41, 5.74) is -0.325. The van der Waals surface area contributed by atoms with E-state index in [0.29, 0.717) is 5.69 Å². The van der Waals surface area contributed by atoms with E-state index in [1.54, 1.807) is 0 Å². The van der Waals surface area contributed by atoms with E-state index in [4.69, 9.17) is 13.8 Å². The molecule has 1 aromatic rings. The summed E-state index contributed by atoms with van der Waals surface area (Å²) in [6.07, 6.45) is -4.43. The summed E-state index contributed by atoms with van der Waals surface area (Å²) in [7, 11) is 19.4. The number of hydrogen-bond donors (Lipinski definition) is 0. The Hall–Kier alpha value is -0.580. The van der Waals surface area contributed by atoms with Gasteiger partial charge in [0.15, 0.2) is 15.0 Å².